The number of rotatable bonds is 3. The molecule has 1 aliphatic carbocycles. The molecule has 7 heteroatoms. The Bertz CT molecular complexity index is 732. The molecule has 0 radical (unpaired) electrons. The first-order valence-electron chi connectivity index (χ1n) is 8.97. The summed E-state index contributed by atoms with van der Waals surface area (Å²) in [4.78, 5) is 26.9. The number of hydrogen-bond acceptors (Lipinski definition) is 3. The molecule has 3 rings (SSSR count). The van der Waals surface area contributed by atoms with Crippen LogP contribution in [0, 0.1) is 0 Å². The molecule has 1 heterocycles. The highest BCUT2D eigenvalue weighted by molar-refractivity contribution is 6.74. The zero-order valence-corrected chi connectivity index (χ0v) is 18.4. The van der Waals surface area contributed by atoms with Crippen molar-refractivity contribution < 1.29 is 14.0 Å². The number of imide groups is 1. The van der Waals surface area contributed by atoms with E-state index in [2.05, 4.69) is 33.9 Å². The van der Waals surface area contributed by atoms with E-state index in [9.17, 15) is 9.59 Å². The third-order valence-electron chi connectivity index (χ3n) is 5.95. The molecular weight excluding hydrogens is 389 g/mol. The third kappa shape index (κ3) is 3.35. The lowest BCUT2D eigenvalue weighted by Crippen LogP contribution is -2.44. The van der Waals surface area contributed by atoms with Crippen LogP contribution in [0.15, 0.2) is 12.1 Å². The topological polar surface area (TPSA) is 46.6 Å². The van der Waals surface area contributed by atoms with Crippen molar-refractivity contribution in [2.24, 2.45) is 0 Å². The smallest absolute Gasteiger partial charge is 0.261 e. The molecule has 0 aromatic heterocycles. The van der Waals surface area contributed by atoms with Gasteiger partial charge in [0.25, 0.3) is 11.8 Å². The normalized spacial score (nSPS) is 23.7. The SMILES string of the molecule is CC(C)(C)[Si](C)(C)OC1CCC(N2C(=O)c3cc(Cl)c(Cl)cc3C2=O)C1. The lowest BCUT2D eigenvalue weighted by atomic mass is 10.1. The molecule has 0 saturated heterocycles. The molecule has 2 aliphatic rings. The van der Waals surface area contributed by atoms with Crippen molar-refractivity contribution in [2.45, 2.75) is 70.3 Å². The molecule has 1 fully saturated rings. The summed E-state index contributed by atoms with van der Waals surface area (Å²) in [7, 11) is -1.87. The zero-order chi connectivity index (χ0) is 19.4. The summed E-state index contributed by atoms with van der Waals surface area (Å²) in [5.74, 6) is -0.553. The van der Waals surface area contributed by atoms with E-state index < -0.39 is 8.32 Å². The number of amides is 2. The minimum absolute atomic E-state index is 0.0948. The number of halogens is 2. The van der Waals surface area contributed by atoms with Crippen LogP contribution >= 0.6 is 23.2 Å². The second-order valence-electron chi connectivity index (χ2n) is 8.76. The fraction of sp³-hybridized carbons (Fsp3) is 0.579. The van der Waals surface area contributed by atoms with Crippen molar-refractivity contribution in [1.29, 1.82) is 0 Å². The van der Waals surface area contributed by atoms with Gasteiger partial charge >= 0.3 is 0 Å². The van der Waals surface area contributed by atoms with Gasteiger partial charge in [-0.25, -0.2) is 0 Å². The highest BCUT2D eigenvalue weighted by Crippen LogP contribution is 2.41. The molecule has 142 valence electrons. The van der Waals surface area contributed by atoms with Gasteiger partial charge in [0.05, 0.1) is 21.2 Å². The number of carbonyl (C=O) groups is 2. The number of fused-ring (bicyclic) bond motifs is 1. The average molecular weight is 414 g/mol. The van der Waals surface area contributed by atoms with Crippen molar-refractivity contribution in [2.75, 3.05) is 0 Å². The molecular formula is C19H25Cl2NO3Si. The van der Waals surface area contributed by atoms with Crippen LogP contribution in [-0.4, -0.2) is 37.2 Å². The van der Waals surface area contributed by atoms with Gasteiger partial charge in [-0.15, -0.1) is 0 Å². The van der Waals surface area contributed by atoms with Crippen LogP contribution in [-0.2, 0) is 4.43 Å². The molecule has 26 heavy (non-hydrogen) atoms. The van der Waals surface area contributed by atoms with Crippen LogP contribution in [0.5, 0.6) is 0 Å². The maximum atomic E-state index is 12.8. The lowest BCUT2D eigenvalue weighted by Gasteiger charge is -2.38. The Hall–Kier alpha value is -0.883. The summed E-state index contributed by atoms with van der Waals surface area (Å²) in [6, 6.07) is 2.87. The highest BCUT2D eigenvalue weighted by Gasteiger charge is 2.46. The Morgan fingerprint density at radius 1 is 1.04 bits per heavy atom. The van der Waals surface area contributed by atoms with Crippen LogP contribution in [0.1, 0.15) is 60.7 Å². The molecule has 0 spiro atoms. The van der Waals surface area contributed by atoms with Gasteiger partial charge in [-0.05, 0) is 49.5 Å². The van der Waals surface area contributed by atoms with E-state index in [0.717, 1.165) is 12.8 Å². The summed E-state index contributed by atoms with van der Waals surface area (Å²) in [5, 5.41) is 0.714. The Labute approximate surface area is 165 Å². The summed E-state index contributed by atoms with van der Waals surface area (Å²) in [6.45, 7) is 11.1. The standard InChI is InChI=1S/C19H25Cl2NO3Si/c1-19(2,3)26(4,5)25-12-7-6-11(8-12)22-17(23)13-9-15(20)16(21)10-14(13)18(22)24/h9-12H,6-8H2,1-5H3. The van der Waals surface area contributed by atoms with Crippen LogP contribution in [0.2, 0.25) is 28.2 Å². The molecule has 1 aliphatic heterocycles. The van der Waals surface area contributed by atoms with Gasteiger partial charge in [-0.3, -0.25) is 14.5 Å². The second kappa shape index (κ2) is 6.62. The summed E-state index contributed by atoms with van der Waals surface area (Å²) < 4.78 is 6.49. The second-order valence-corrected chi connectivity index (χ2v) is 14.3. The van der Waals surface area contributed by atoms with Gasteiger partial charge in [0.15, 0.2) is 8.32 Å². The first kappa shape index (κ1) is 19.9. The number of benzene rings is 1. The molecule has 4 nitrogen and oxygen atoms in total. The van der Waals surface area contributed by atoms with Crippen molar-refractivity contribution in [3.63, 3.8) is 0 Å². The molecule has 0 N–H and O–H groups in total. The van der Waals surface area contributed by atoms with Gasteiger partial charge in [-0.2, -0.15) is 0 Å². The maximum absolute atomic E-state index is 12.8. The van der Waals surface area contributed by atoms with E-state index in [4.69, 9.17) is 27.6 Å². The van der Waals surface area contributed by atoms with Crippen molar-refractivity contribution in [3.05, 3.63) is 33.3 Å². The Balaban J connectivity index is 1.76. The van der Waals surface area contributed by atoms with E-state index in [1.165, 1.54) is 17.0 Å². The van der Waals surface area contributed by atoms with Gasteiger partial charge in [0, 0.05) is 12.1 Å². The largest absolute Gasteiger partial charge is 0.414 e. The Kier molecular flexibility index (Phi) is 5.06. The number of hydrogen-bond donors (Lipinski definition) is 0. The van der Waals surface area contributed by atoms with E-state index in [-0.39, 0.29) is 29.0 Å². The molecule has 1 aromatic rings. The minimum atomic E-state index is -1.87. The molecule has 1 aromatic carbocycles. The van der Waals surface area contributed by atoms with Gasteiger partial charge in [-0.1, -0.05) is 44.0 Å². The summed E-state index contributed by atoms with van der Waals surface area (Å²) >= 11 is 12.0. The lowest BCUT2D eigenvalue weighted by molar-refractivity contribution is 0.0577. The van der Waals surface area contributed by atoms with Crippen molar-refractivity contribution in [1.82, 2.24) is 4.90 Å². The predicted octanol–water partition coefficient (Wildman–Crippen LogP) is 5.53. The summed E-state index contributed by atoms with van der Waals surface area (Å²) in [5.41, 5.74) is 0.691. The number of carbonyl (C=O) groups excluding carboxylic acids is 2. The van der Waals surface area contributed by atoms with E-state index in [1.54, 1.807) is 0 Å². The molecule has 2 atom stereocenters. The van der Waals surface area contributed by atoms with Crippen molar-refractivity contribution in [3.8, 4) is 0 Å². The van der Waals surface area contributed by atoms with E-state index in [0.29, 0.717) is 27.6 Å². The quantitative estimate of drug-likeness (QED) is 0.483. The predicted molar refractivity (Wildman–Crippen MR) is 107 cm³/mol. The minimum Gasteiger partial charge on any atom is -0.414 e. The first-order valence-corrected chi connectivity index (χ1v) is 12.6. The third-order valence-corrected chi connectivity index (χ3v) is 11.2. The van der Waals surface area contributed by atoms with Crippen molar-refractivity contribution >= 4 is 43.3 Å². The van der Waals surface area contributed by atoms with Gasteiger partial charge in [0.1, 0.15) is 0 Å². The highest BCUT2D eigenvalue weighted by atomic mass is 35.5. The number of nitrogens with zero attached hydrogens (tertiary/aromatic N) is 1. The van der Waals surface area contributed by atoms with Gasteiger partial charge < -0.3 is 4.43 Å². The van der Waals surface area contributed by atoms with Crippen LogP contribution < -0.4 is 0 Å². The Morgan fingerprint density at radius 2 is 1.54 bits per heavy atom. The average Bonchev–Trinajstić information content (AvgIpc) is 3.03. The zero-order valence-electron chi connectivity index (χ0n) is 15.9. The Morgan fingerprint density at radius 3 is 2.00 bits per heavy atom. The molecule has 0 bridgehead atoms. The van der Waals surface area contributed by atoms with E-state index >= 15 is 0 Å². The molecule has 2 amide bonds. The van der Waals surface area contributed by atoms with Crippen LogP contribution in [0.4, 0.5) is 0 Å². The fourth-order valence-corrected chi connectivity index (χ4v) is 5.16. The van der Waals surface area contributed by atoms with Crippen LogP contribution in [0.3, 0.4) is 0 Å². The molecule has 2 unspecified atom stereocenters. The van der Waals surface area contributed by atoms with Crippen LogP contribution in [0.25, 0.3) is 0 Å². The maximum Gasteiger partial charge on any atom is 0.261 e. The first-order chi connectivity index (χ1) is 11.9. The van der Waals surface area contributed by atoms with Gasteiger partial charge in [0.2, 0.25) is 0 Å². The summed E-state index contributed by atoms with van der Waals surface area (Å²) in [6.07, 6.45) is 2.43. The fourth-order valence-electron chi connectivity index (χ4n) is 3.44. The molecule has 1 saturated carbocycles. The monoisotopic (exact) mass is 413 g/mol. The van der Waals surface area contributed by atoms with E-state index in [1.807, 2.05) is 0 Å².